The zero-order valence-corrected chi connectivity index (χ0v) is 14.3. The van der Waals surface area contributed by atoms with Crippen LogP contribution in [0.3, 0.4) is 0 Å². The molecule has 0 unspecified atom stereocenters. The van der Waals surface area contributed by atoms with Crippen molar-refractivity contribution < 1.29 is 4.74 Å². The maximum atomic E-state index is 5.87. The molecule has 0 fully saturated rings. The molecular weight excluding hydrogens is 320 g/mol. The number of benzene rings is 3. The first-order valence-electron chi connectivity index (χ1n) is 7.89. The Morgan fingerprint density at radius 2 is 1.50 bits per heavy atom. The van der Waals surface area contributed by atoms with Crippen LogP contribution < -0.4 is 16.2 Å². The topological polar surface area (TPSA) is 61.3 Å². The molecule has 4 N–H and O–H groups in total. The van der Waals surface area contributed by atoms with Crippen LogP contribution in [0.25, 0.3) is 10.8 Å². The summed E-state index contributed by atoms with van der Waals surface area (Å²) < 4.78 is 5.87. The van der Waals surface area contributed by atoms with Gasteiger partial charge in [0.15, 0.2) is 0 Å². The highest BCUT2D eigenvalue weighted by atomic mass is 35.5. The molecule has 0 aliphatic carbocycles. The molecule has 24 heavy (non-hydrogen) atoms. The molecule has 0 spiro atoms. The Balaban J connectivity index is 0.00000208. The van der Waals surface area contributed by atoms with E-state index in [0.717, 1.165) is 17.7 Å². The van der Waals surface area contributed by atoms with E-state index in [1.807, 2.05) is 24.3 Å². The zero-order chi connectivity index (χ0) is 16.1. The molecule has 1 atom stereocenters. The summed E-state index contributed by atoms with van der Waals surface area (Å²) >= 11 is 0. The van der Waals surface area contributed by atoms with Crippen molar-refractivity contribution in [2.45, 2.75) is 19.1 Å². The Labute approximate surface area is 149 Å². The Morgan fingerprint density at radius 1 is 0.833 bits per heavy atom. The third-order valence-electron chi connectivity index (χ3n) is 3.94. The fourth-order valence-corrected chi connectivity index (χ4v) is 2.60. The van der Waals surface area contributed by atoms with E-state index in [9.17, 15) is 0 Å². The molecule has 0 heterocycles. The second-order valence-electron chi connectivity index (χ2n) is 5.81. The van der Waals surface area contributed by atoms with Gasteiger partial charge in [-0.3, -0.25) is 0 Å². The van der Waals surface area contributed by atoms with Crippen molar-refractivity contribution in [3.05, 3.63) is 77.9 Å². The first-order valence-corrected chi connectivity index (χ1v) is 7.89. The van der Waals surface area contributed by atoms with E-state index in [0.29, 0.717) is 13.2 Å². The smallest absolute Gasteiger partial charge is 0.119 e. The van der Waals surface area contributed by atoms with Crippen LogP contribution in [0.5, 0.6) is 5.75 Å². The summed E-state index contributed by atoms with van der Waals surface area (Å²) in [6, 6.07) is 22.8. The molecule has 0 aliphatic heterocycles. The molecule has 4 heteroatoms. The summed E-state index contributed by atoms with van der Waals surface area (Å²) in [5.41, 5.74) is 13.8. The number of nitrogens with two attached hydrogens (primary N) is 2. The van der Waals surface area contributed by atoms with Gasteiger partial charge in [0.05, 0.1) is 0 Å². The number of ether oxygens (including phenoxy) is 1. The van der Waals surface area contributed by atoms with Gasteiger partial charge in [-0.2, -0.15) is 0 Å². The van der Waals surface area contributed by atoms with Crippen LogP contribution in [0.1, 0.15) is 11.1 Å². The second-order valence-corrected chi connectivity index (χ2v) is 5.81. The summed E-state index contributed by atoms with van der Waals surface area (Å²) in [7, 11) is 0. The molecule has 0 aromatic heterocycles. The zero-order valence-electron chi connectivity index (χ0n) is 13.5. The lowest BCUT2D eigenvalue weighted by atomic mass is 10.1. The molecule has 0 saturated carbocycles. The third-order valence-corrected chi connectivity index (χ3v) is 3.94. The number of hydrogen-bond donors (Lipinski definition) is 2. The van der Waals surface area contributed by atoms with Crippen molar-refractivity contribution in [1.29, 1.82) is 0 Å². The number of fused-ring (bicyclic) bond motifs is 1. The molecule has 0 saturated heterocycles. The molecule has 0 bridgehead atoms. The number of halogens is 1. The van der Waals surface area contributed by atoms with Crippen molar-refractivity contribution in [2.24, 2.45) is 11.5 Å². The van der Waals surface area contributed by atoms with Crippen LogP contribution >= 0.6 is 12.4 Å². The molecule has 3 aromatic carbocycles. The minimum Gasteiger partial charge on any atom is -0.489 e. The van der Waals surface area contributed by atoms with E-state index in [-0.39, 0.29) is 18.4 Å². The Kier molecular flexibility index (Phi) is 6.62. The van der Waals surface area contributed by atoms with Crippen LogP contribution in [-0.4, -0.2) is 12.6 Å². The largest absolute Gasteiger partial charge is 0.489 e. The average molecular weight is 343 g/mol. The fraction of sp³-hybridized carbons (Fsp3) is 0.200. The molecule has 0 amide bonds. The fourth-order valence-electron chi connectivity index (χ4n) is 2.60. The highest BCUT2D eigenvalue weighted by molar-refractivity contribution is 5.85. The maximum Gasteiger partial charge on any atom is 0.119 e. The standard InChI is InChI=1S/C20H22N2O.ClH/c21-13-19(22)12-15-6-9-20(10-7-15)23-14-16-5-8-17-3-1-2-4-18(17)11-16;/h1-11,19H,12-14,21-22H2;1H/t19-;/m0./s1. The van der Waals surface area contributed by atoms with Crippen LogP contribution in [0, 0.1) is 0 Å². The van der Waals surface area contributed by atoms with Crippen molar-refractivity contribution in [3.8, 4) is 5.75 Å². The lowest BCUT2D eigenvalue weighted by Crippen LogP contribution is -2.31. The van der Waals surface area contributed by atoms with E-state index < -0.39 is 0 Å². The van der Waals surface area contributed by atoms with Crippen molar-refractivity contribution in [3.63, 3.8) is 0 Å². The molecule has 0 aliphatic rings. The summed E-state index contributed by atoms with van der Waals surface area (Å²) in [5.74, 6) is 0.864. The predicted molar refractivity (Wildman–Crippen MR) is 103 cm³/mol. The van der Waals surface area contributed by atoms with Crippen molar-refractivity contribution in [1.82, 2.24) is 0 Å². The summed E-state index contributed by atoms with van der Waals surface area (Å²) in [6.45, 7) is 1.06. The lowest BCUT2D eigenvalue weighted by molar-refractivity contribution is 0.306. The van der Waals surface area contributed by atoms with Gasteiger partial charge in [0, 0.05) is 12.6 Å². The van der Waals surface area contributed by atoms with Gasteiger partial charge in [-0.15, -0.1) is 12.4 Å². The minimum atomic E-state index is 0. The van der Waals surface area contributed by atoms with Gasteiger partial charge in [-0.25, -0.2) is 0 Å². The van der Waals surface area contributed by atoms with E-state index in [1.54, 1.807) is 0 Å². The highest BCUT2D eigenvalue weighted by Crippen LogP contribution is 2.18. The van der Waals surface area contributed by atoms with Gasteiger partial charge < -0.3 is 16.2 Å². The van der Waals surface area contributed by atoms with Crippen molar-refractivity contribution >= 4 is 23.2 Å². The summed E-state index contributed by atoms with van der Waals surface area (Å²) in [6.07, 6.45) is 0.793. The second kappa shape index (κ2) is 8.69. The van der Waals surface area contributed by atoms with E-state index >= 15 is 0 Å². The third kappa shape index (κ3) is 4.71. The molecule has 126 valence electrons. The highest BCUT2D eigenvalue weighted by Gasteiger charge is 2.03. The monoisotopic (exact) mass is 342 g/mol. The Bertz CT molecular complexity index is 774. The molecule has 3 aromatic rings. The predicted octanol–water partition coefficient (Wildman–Crippen LogP) is 3.67. The van der Waals surface area contributed by atoms with E-state index in [1.165, 1.54) is 16.3 Å². The number of rotatable bonds is 6. The molecule has 3 rings (SSSR count). The normalized spacial score (nSPS) is 11.8. The molecular formula is C20H23ClN2O. The molecule has 0 radical (unpaired) electrons. The maximum absolute atomic E-state index is 5.87. The Morgan fingerprint density at radius 3 is 2.21 bits per heavy atom. The summed E-state index contributed by atoms with van der Waals surface area (Å²) in [4.78, 5) is 0. The number of hydrogen-bond acceptors (Lipinski definition) is 3. The Hall–Kier alpha value is -2.07. The van der Waals surface area contributed by atoms with Gasteiger partial charge in [0.2, 0.25) is 0 Å². The summed E-state index contributed by atoms with van der Waals surface area (Å²) in [5, 5.41) is 2.48. The average Bonchev–Trinajstić information content (AvgIpc) is 2.61. The van der Waals surface area contributed by atoms with Crippen LogP contribution in [0.2, 0.25) is 0 Å². The quantitative estimate of drug-likeness (QED) is 0.718. The van der Waals surface area contributed by atoms with E-state index in [2.05, 4.69) is 42.5 Å². The van der Waals surface area contributed by atoms with Gasteiger partial charge >= 0.3 is 0 Å². The van der Waals surface area contributed by atoms with Crippen LogP contribution in [0.4, 0.5) is 0 Å². The van der Waals surface area contributed by atoms with E-state index in [4.69, 9.17) is 16.2 Å². The lowest BCUT2D eigenvalue weighted by Gasteiger charge is -2.10. The minimum absolute atomic E-state index is 0. The van der Waals surface area contributed by atoms with Gasteiger partial charge in [-0.1, -0.05) is 48.5 Å². The van der Waals surface area contributed by atoms with Gasteiger partial charge in [0.25, 0.3) is 0 Å². The van der Waals surface area contributed by atoms with Gasteiger partial charge in [0.1, 0.15) is 12.4 Å². The SMILES string of the molecule is Cl.NC[C@@H](N)Cc1ccc(OCc2ccc3ccccc3c2)cc1. The van der Waals surface area contributed by atoms with Crippen LogP contribution in [0.15, 0.2) is 66.7 Å². The van der Waals surface area contributed by atoms with Gasteiger partial charge in [-0.05, 0) is 46.5 Å². The van der Waals surface area contributed by atoms with Crippen LogP contribution in [-0.2, 0) is 13.0 Å². The first-order chi connectivity index (χ1) is 11.2. The van der Waals surface area contributed by atoms with Crippen molar-refractivity contribution in [2.75, 3.05) is 6.54 Å². The first kappa shape index (κ1) is 18.3. The molecule has 3 nitrogen and oxygen atoms in total.